The number of nitrogens with zero attached hydrogens (tertiary/aromatic N) is 2. The van der Waals surface area contributed by atoms with Crippen molar-refractivity contribution in [1.29, 1.82) is 0 Å². The number of piperidine rings is 1. The van der Waals surface area contributed by atoms with Crippen molar-refractivity contribution in [2.24, 2.45) is 22.7 Å². The lowest BCUT2D eigenvalue weighted by molar-refractivity contribution is 0.0812. The molecule has 98 valence electrons. The lowest BCUT2D eigenvalue weighted by Gasteiger charge is -2.31. The molecule has 0 aromatic heterocycles. The molecule has 0 aliphatic carbocycles. The minimum Gasteiger partial charge on any atom is -0.449 e. The maximum atomic E-state index is 11.7. The summed E-state index contributed by atoms with van der Waals surface area (Å²) >= 11 is 0. The van der Waals surface area contributed by atoms with Gasteiger partial charge in [-0.05, 0) is 18.8 Å². The van der Waals surface area contributed by atoms with E-state index in [0.29, 0.717) is 25.6 Å². The number of rotatable bonds is 3. The molecule has 1 aliphatic heterocycles. The second-order valence-electron chi connectivity index (χ2n) is 4.78. The molecule has 1 unspecified atom stereocenters. The van der Waals surface area contributed by atoms with Gasteiger partial charge in [-0.1, -0.05) is 19.0 Å². The molecule has 1 aliphatic rings. The van der Waals surface area contributed by atoms with Crippen LogP contribution < -0.4 is 5.73 Å². The maximum Gasteiger partial charge on any atom is 0.409 e. The lowest BCUT2D eigenvalue weighted by Crippen LogP contribution is -2.44. The number of amidine groups is 1. The molecule has 1 fully saturated rings. The highest BCUT2D eigenvalue weighted by Crippen LogP contribution is 2.17. The van der Waals surface area contributed by atoms with Crippen LogP contribution in [0.25, 0.3) is 0 Å². The molecule has 3 N–H and O–H groups in total. The van der Waals surface area contributed by atoms with Crippen LogP contribution in [0.3, 0.4) is 0 Å². The summed E-state index contributed by atoms with van der Waals surface area (Å²) in [7, 11) is 0. The number of nitrogens with two attached hydrogens (primary N) is 1. The maximum absolute atomic E-state index is 11.7. The first-order chi connectivity index (χ1) is 8.04. The van der Waals surface area contributed by atoms with Crippen LogP contribution in [0.2, 0.25) is 0 Å². The fourth-order valence-electron chi connectivity index (χ4n) is 1.80. The Kier molecular flexibility index (Phi) is 5.06. The zero-order chi connectivity index (χ0) is 12.8. The molecule has 0 spiro atoms. The van der Waals surface area contributed by atoms with Crippen LogP contribution in [0.5, 0.6) is 0 Å². The average Bonchev–Trinajstić information content (AvgIpc) is 2.35. The van der Waals surface area contributed by atoms with E-state index < -0.39 is 0 Å². The molecule has 1 rings (SSSR count). The van der Waals surface area contributed by atoms with Crippen LogP contribution in [0, 0.1) is 11.8 Å². The minimum atomic E-state index is -0.311. The van der Waals surface area contributed by atoms with E-state index in [-0.39, 0.29) is 17.8 Å². The quantitative estimate of drug-likeness (QED) is 0.338. The first-order valence-corrected chi connectivity index (χ1v) is 5.93. The van der Waals surface area contributed by atoms with Crippen LogP contribution >= 0.6 is 0 Å². The number of ether oxygens (including phenoxy) is 1. The minimum absolute atomic E-state index is 0.0691. The van der Waals surface area contributed by atoms with Crippen molar-refractivity contribution in [3.63, 3.8) is 0 Å². The molecule has 0 aromatic rings. The summed E-state index contributed by atoms with van der Waals surface area (Å²) in [6, 6.07) is 0. The highest BCUT2D eigenvalue weighted by Gasteiger charge is 2.27. The standard InChI is InChI=1S/C11H21N3O3/c1-8(2)7-17-11(15)14-5-3-4-9(6-14)10(12)13-16/h8-9,16H,3-7H2,1-2H3,(H2,12,13). The van der Waals surface area contributed by atoms with E-state index in [4.69, 9.17) is 15.7 Å². The Morgan fingerprint density at radius 3 is 2.94 bits per heavy atom. The number of carbonyl (C=O) groups excluding carboxylic acids is 1. The predicted octanol–water partition coefficient (Wildman–Crippen LogP) is 1.24. The predicted molar refractivity (Wildman–Crippen MR) is 63.9 cm³/mol. The summed E-state index contributed by atoms with van der Waals surface area (Å²) in [4.78, 5) is 13.3. The summed E-state index contributed by atoms with van der Waals surface area (Å²) in [6.45, 7) is 5.54. The zero-order valence-electron chi connectivity index (χ0n) is 10.4. The van der Waals surface area contributed by atoms with Crippen molar-refractivity contribution in [3.05, 3.63) is 0 Å². The third-order valence-electron chi connectivity index (χ3n) is 2.75. The molecule has 0 saturated carbocycles. The Labute approximate surface area is 101 Å². The summed E-state index contributed by atoms with van der Waals surface area (Å²) in [5, 5.41) is 11.6. The Morgan fingerprint density at radius 2 is 2.35 bits per heavy atom. The van der Waals surface area contributed by atoms with E-state index in [9.17, 15) is 4.79 Å². The van der Waals surface area contributed by atoms with Crippen LogP contribution in [-0.2, 0) is 4.74 Å². The highest BCUT2D eigenvalue weighted by atomic mass is 16.6. The van der Waals surface area contributed by atoms with Crippen molar-refractivity contribution in [3.8, 4) is 0 Å². The lowest BCUT2D eigenvalue weighted by atomic mass is 9.97. The molecule has 17 heavy (non-hydrogen) atoms. The van der Waals surface area contributed by atoms with E-state index in [1.54, 1.807) is 4.90 Å². The topological polar surface area (TPSA) is 88.2 Å². The second-order valence-corrected chi connectivity index (χ2v) is 4.78. The summed E-state index contributed by atoms with van der Waals surface area (Å²) in [5.41, 5.74) is 5.55. The van der Waals surface area contributed by atoms with Gasteiger partial charge in [0, 0.05) is 19.0 Å². The molecule has 0 bridgehead atoms. The normalized spacial score (nSPS) is 21.7. The van der Waals surface area contributed by atoms with E-state index in [2.05, 4.69) is 5.16 Å². The van der Waals surface area contributed by atoms with Crippen molar-refractivity contribution >= 4 is 11.9 Å². The number of hydrogen-bond donors (Lipinski definition) is 2. The van der Waals surface area contributed by atoms with Crippen molar-refractivity contribution in [2.75, 3.05) is 19.7 Å². The summed E-state index contributed by atoms with van der Waals surface area (Å²) < 4.78 is 5.15. The van der Waals surface area contributed by atoms with Crippen molar-refractivity contribution < 1.29 is 14.7 Å². The molecule has 0 radical (unpaired) electrons. The Balaban J connectivity index is 2.46. The molecule has 1 amide bonds. The molecule has 1 atom stereocenters. The monoisotopic (exact) mass is 243 g/mol. The molecular formula is C11H21N3O3. The Morgan fingerprint density at radius 1 is 1.65 bits per heavy atom. The summed E-state index contributed by atoms with van der Waals surface area (Å²) in [6.07, 6.45) is 1.37. The highest BCUT2D eigenvalue weighted by molar-refractivity contribution is 5.83. The van der Waals surface area contributed by atoms with Gasteiger partial charge in [-0.3, -0.25) is 0 Å². The van der Waals surface area contributed by atoms with Gasteiger partial charge in [-0.25, -0.2) is 4.79 Å². The second kappa shape index (κ2) is 6.32. The van der Waals surface area contributed by atoms with Crippen LogP contribution in [0.4, 0.5) is 4.79 Å². The largest absolute Gasteiger partial charge is 0.449 e. The molecular weight excluding hydrogens is 222 g/mol. The van der Waals surface area contributed by atoms with Gasteiger partial charge in [-0.2, -0.15) is 0 Å². The number of amides is 1. The zero-order valence-corrected chi connectivity index (χ0v) is 10.4. The van der Waals surface area contributed by atoms with E-state index >= 15 is 0 Å². The fourth-order valence-corrected chi connectivity index (χ4v) is 1.80. The first-order valence-electron chi connectivity index (χ1n) is 5.93. The van der Waals surface area contributed by atoms with Gasteiger partial charge in [0.25, 0.3) is 0 Å². The van der Waals surface area contributed by atoms with Crippen molar-refractivity contribution in [1.82, 2.24) is 4.90 Å². The third kappa shape index (κ3) is 4.13. The SMILES string of the molecule is CC(C)COC(=O)N1CCCC(C(N)=NO)C1. The van der Waals surface area contributed by atoms with Gasteiger partial charge < -0.3 is 20.6 Å². The van der Waals surface area contributed by atoms with E-state index in [0.717, 1.165) is 12.8 Å². The molecule has 1 heterocycles. The number of oxime groups is 1. The number of hydrogen-bond acceptors (Lipinski definition) is 4. The van der Waals surface area contributed by atoms with Crippen LogP contribution in [0.1, 0.15) is 26.7 Å². The molecule has 0 aromatic carbocycles. The van der Waals surface area contributed by atoms with E-state index in [1.165, 1.54) is 0 Å². The van der Waals surface area contributed by atoms with Gasteiger partial charge in [0.15, 0.2) is 0 Å². The van der Waals surface area contributed by atoms with Gasteiger partial charge in [0.05, 0.1) is 6.61 Å². The smallest absolute Gasteiger partial charge is 0.409 e. The Hall–Kier alpha value is -1.46. The van der Waals surface area contributed by atoms with Crippen LogP contribution in [-0.4, -0.2) is 41.7 Å². The van der Waals surface area contributed by atoms with Gasteiger partial charge >= 0.3 is 6.09 Å². The van der Waals surface area contributed by atoms with Crippen molar-refractivity contribution in [2.45, 2.75) is 26.7 Å². The number of likely N-dealkylation sites (tertiary alicyclic amines) is 1. The van der Waals surface area contributed by atoms with Gasteiger partial charge in [-0.15, -0.1) is 0 Å². The third-order valence-corrected chi connectivity index (χ3v) is 2.75. The van der Waals surface area contributed by atoms with Crippen LogP contribution in [0.15, 0.2) is 5.16 Å². The first kappa shape index (κ1) is 13.6. The molecule has 6 heteroatoms. The molecule has 6 nitrogen and oxygen atoms in total. The molecule has 1 saturated heterocycles. The van der Waals surface area contributed by atoms with Gasteiger partial charge in [0.2, 0.25) is 0 Å². The number of carbonyl (C=O) groups is 1. The average molecular weight is 243 g/mol. The Bertz CT molecular complexity index is 292. The van der Waals surface area contributed by atoms with Gasteiger partial charge in [0.1, 0.15) is 5.84 Å². The van der Waals surface area contributed by atoms with E-state index in [1.807, 2.05) is 13.8 Å². The fraction of sp³-hybridized carbons (Fsp3) is 0.818. The summed E-state index contributed by atoms with van der Waals surface area (Å²) in [5.74, 6) is 0.440.